The summed E-state index contributed by atoms with van der Waals surface area (Å²) < 4.78 is 0. The van der Waals surface area contributed by atoms with Gasteiger partial charge in [0, 0.05) is 44.9 Å². The van der Waals surface area contributed by atoms with Crippen LogP contribution in [0.4, 0.5) is 5.82 Å². The number of carbonyl (C=O) groups excluding carboxylic acids is 2. The van der Waals surface area contributed by atoms with Crippen molar-refractivity contribution in [1.29, 1.82) is 0 Å². The van der Waals surface area contributed by atoms with Crippen LogP contribution >= 0.6 is 0 Å². The first-order chi connectivity index (χ1) is 8.70. The number of nitrogens with zero attached hydrogens (tertiary/aromatic N) is 3. The number of amides is 1. The van der Waals surface area contributed by atoms with Crippen LogP contribution in [0.25, 0.3) is 0 Å². The Hall–Kier alpha value is -1.91. The number of hydrogen-bond acceptors (Lipinski definition) is 4. The third-order valence-electron chi connectivity index (χ3n) is 3.17. The topological polar surface area (TPSA) is 53.5 Å². The highest BCUT2D eigenvalue weighted by Crippen LogP contribution is 2.13. The van der Waals surface area contributed by atoms with Gasteiger partial charge in [-0.3, -0.25) is 9.59 Å². The monoisotopic (exact) mass is 247 g/mol. The van der Waals surface area contributed by atoms with Crippen LogP contribution in [0, 0.1) is 0 Å². The second kappa shape index (κ2) is 5.62. The highest BCUT2D eigenvalue weighted by Gasteiger charge is 2.17. The van der Waals surface area contributed by atoms with E-state index >= 15 is 0 Å². The van der Waals surface area contributed by atoms with Crippen LogP contribution in [0.1, 0.15) is 23.7 Å². The van der Waals surface area contributed by atoms with Gasteiger partial charge in [0.15, 0.2) is 6.29 Å². The number of anilines is 1. The SMILES string of the molecule is CC(=O)N1CCCN(c2ccc(C=O)cn2)CC1. The van der Waals surface area contributed by atoms with E-state index in [1.807, 2.05) is 11.0 Å². The van der Waals surface area contributed by atoms with E-state index in [-0.39, 0.29) is 5.91 Å². The molecule has 1 amide bonds. The van der Waals surface area contributed by atoms with Gasteiger partial charge in [-0.25, -0.2) is 4.98 Å². The van der Waals surface area contributed by atoms with Crippen molar-refractivity contribution in [1.82, 2.24) is 9.88 Å². The number of aldehydes is 1. The Morgan fingerprint density at radius 3 is 2.72 bits per heavy atom. The third-order valence-corrected chi connectivity index (χ3v) is 3.17. The number of rotatable bonds is 2. The van der Waals surface area contributed by atoms with Crippen molar-refractivity contribution < 1.29 is 9.59 Å². The summed E-state index contributed by atoms with van der Waals surface area (Å²) >= 11 is 0. The van der Waals surface area contributed by atoms with Gasteiger partial charge in [0.25, 0.3) is 0 Å². The summed E-state index contributed by atoms with van der Waals surface area (Å²) in [6.07, 6.45) is 3.31. The molecule has 1 aliphatic rings. The maximum Gasteiger partial charge on any atom is 0.219 e. The van der Waals surface area contributed by atoms with Gasteiger partial charge in [-0.2, -0.15) is 0 Å². The molecule has 1 aliphatic heterocycles. The van der Waals surface area contributed by atoms with Crippen molar-refractivity contribution >= 4 is 18.0 Å². The zero-order chi connectivity index (χ0) is 13.0. The van der Waals surface area contributed by atoms with Gasteiger partial charge in [-0.15, -0.1) is 0 Å². The molecule has 1 aromatic heterocycles. The molecule has 2 rings (SSSR count). The third kappa shape index (κ3) is 2.85. The van der Waals surface area contributed by atoms with Crippen LogP contribution in [0.3, 0.4) is 0 Å². The first-order valence-electron chi connectivity index (χ1n) is 6.12. The predicted octanol–water partition coefficient (Wildman–Crippen LogP) is 0.953. The Balaban J connectivity index is 2.04. The summed E-state index contributed by atoms with van der Waals surface area (Å²) in [4.78, 5) is 30.2. The predicted molar refractivity (Wildman–Crippen MR) is 68.7 cm³/mol. The van der Waals surface area contributed by atoms with Crippen molar-refractivity contribution in [2.24, 2.45) is 0 Å². The number of pyridine rings is 1. The standard InChI is InChI=1S/C13H17N3O2/c1-11(18)15-5-2-6-16(8-7-15)13-4-3-12(10-17)9-14-13/h3-4,9-10H,2,5-8H2,1H3. The lowest BCUT2D eigenvalue weighted by molar-refractivity contribution is -0.128. The lowest BCUT2D eigenvalue weighted by atomic mass is 10.3. The number of aromatic nitrogens is 1. The molecular formula is C13H17N3O2. The Morgan fingerprint density at radius 1 is 1.28 bits per heavy atom. The maximum atomic E-state index is 11.3. The fourth-order valence-corrected chi connectivity index (χ4v) is 2.12. The van der Waals surface area contributed by atoms with E-state index in [0.29, 0.717) is 5.56 Å². The molecule has 0 bridgehead atoms. The van der Waals surface area contributed by atoms with Crippen molar-refractivity contribution in [3.8, 4) is 0 Å². The van der Waals surface area contributed by atoms with Gasteiger partial charge < -0.3 is 9.80 Å². The van der Waals surface area contributed by atoms with Crippen molar-refractivity contribution in [2.75, 3.05) is 31.1 Å². The van der Waals surface area contributed by atoms with E-state index in [9.17, 15) is 9.59 Å². The molecule has 5 nitrogen and oxygen atoms in total. The molecule has 2 heterocycles. The molecule has 1 saturated heterocycles. The summed E-state index contributed by atoms with van der Waals surface area (Å²) in [6, 6.07) is 3.62. The minimum Gasteiger partial charge on any atom is -0.355 e. The van der Waals surface area contributed by atoms with Gasteiger partial charge in [0.2, 0.25) is 5.91 Å². The minimum atomic E-state index is 0.126. The highest BCUT2D eigenvalue weighted by molar-refractivity contribution is 5.74. The molecule has 0 aromatic carbocycles. The first kappa shape index (κ1) is 12.5. The molecule has 1 aromatic rings. The van der Waals surface area contributed by atoms with E-state index in [2.05, 4.69) is 9.88 Å². The molecule has 0 N–H and O–H groups in total. The molecule has 0 radical (unpaired) electrons. The van der Waals surface area contributed by atoms with Crippen molar-refractivity contribution in [2.45, 2.75) is 13.3 Å². The summed E-state index contributed by atoms with van der Waals surface area (Å²) in [7, 11) is 0. The number of hydrogen-bond donors (Lipinski definition) is 0. The van der Waals surface area contributed by atoms with Crippen molar-refractivity contribution in [3.63, 3.8) is 0 Å². The molecule has 96 valence electrons. The zero-order valence-corrected chi connectivity index (χ0v) is 10.5. The molecular weight excluding hydrogens is 230 g/mol. The maximum absolute atomic E-state index is 11.3. The summed E-state index contributed by atoms with van der Waals surface area (Å²) in [5, 5.41) is 0. The zero-order valence-electron chi connectivity index (χ0n) is 10.5. The molecule has 5 heteroatoms. The normalized spacial score (nSPS) is 16.3. The second-order valence-electron chi connectivity index (χ2n) is 4.41. The van der Waals surface area contributed by atoms with Crippen LogP contribution in [-0.4, -0.2) is 48.3 Å². The van der Waals surface area contributed by atoms with Gasteiger partial charge in [0.1, 0.15) is 5.82 Å². The highest BCUT2D eigenvalue weighted by atomic mass is 16.2. The van der Waals surface area contributed by atoms with Crippen LogP contribution < -0.4 is 4.90 Å². The van der Waals surface area contributed by atoms with Crippen molar-refractivity contribution in [3.05, 3.63) is 23.9 Å². The summed E-state index contributed by atoms with van der Waals surface area (Å²) in [5.74, 6) is 0.993. The Labute approximate surface area is 106 Å². The molecule has 1 fully saturated rings. The average molecular weight is 247 g/mol. The molecule has 0 aliphatic carbocycles. The molecule has 0 unspecified atom stereocenters. The summed E-state index contributed by atoms with van der Waals surface area (Å²) in [5.41, 5.74) is 0.582. The Morgan fingerprint density at radius 2 is 2.11 bits per heavy atom. The van der Waals surface area contributed by atoms with Crippen LogP contribution in [0.15, 0.2) is 18.3 Å². The van der Waals surface area contributed by atoms with Gasteiger partial charge in [0.05, 0.1) is 0 Å². The molecule has 18 heavy (non-hydrogen) atoms. The smallest absolute Gasteiger partial charge is 0.219 e. The van der Waals surface area contributed by atoms with E-state index in [0.717, 1.165) is 44.7 Å². The fraction of sp³-hybridized carbons (Fsp3) is 0.462. The number of carbonyl (C=O) groups is 2. The van der Waals surface area contributed by atoms with Crippen LogP contribution in [0.2, 0.25) is 0 Å². The largest absolute Gasteiger partial charge is 0.355 e. The first-order valence-corrected chi connectivity index (χ1v) is 6.12. The summed E-state index contributed by atoms with van der Waals surface area (Å²) in [6.45, 7) is 4.81. The minimum absolute atomic E-state index is 0.126. The van der Waals surface area contributed by atoms with E-state index in [4.69, 9.17) is 0 Å². The van der Waals surface area contributed by atoms with E-state index < -0.39 is 0 Å². The van der Waals surface area contributed by atoms with E-state index in [1.165, 1.54) is 0 Å². The van der Waals surface area contributed by atoms with Gasteiger partial charge in [-0.1, -0.05) is 0 Å². The Bertz CT molecular complexity index is 430. The van der Waals surface area contributed by atoms with Crippen LogP contribution in [0.5, 0.6) is 0 Å². The molecule has 0 saturated carbocycles. The Kier molecular flexibility index (Phi) is 3.92. The fourth-order valence-electron chi connectivity index (χ4n) is 2.12. The lowest BCUT2D eigenvalue weighted by Gasteiger charge is -2.22. The second-order valence-corrected chi connectivity index (χ2v) is 4.41. The van der Waals surface area contributed by atoms with E-state index in [1.54, 1.807) is 19.2 Å². The molecule has 0 atom stereocenters. The average Bonchev–Trinajstić information content (AvgIpc) is 2.64. The quantitative estimate of drug-likeness (QED) is 0.730. The van der Waals surface area contributed by atoms with Crippen LogP contribution in [-0.2, 0) is 4.79 Å². The molecule has 0 spiro atoms. The van der Waals surface area contributed by atoms with Gasteiger partial charge >= 0.3 is 0 Å². The lowest BCUT2D eigenvalue weighted by Crippen LogP contribution is -2.33. The van der Waals surface area contributed by atoms with Gasteiger partial charge in [-0.05, 0) is 18.6 Å².